The molecule has 2 amide bonds. The minimum Gasteiger partial charge on any atom is -0.298 e. The second-order valence-electron chi connectivity index (χ2n) is 7.12. The van der Waals surface area contributed by atoms with E-state index in [0.717, 1.165) is 16.7 Å². The quantitative estimate of drug-likeness (QED) is 0.279. The summed E-state index contributed by atoms with van der Waals surface area (Å²) in [5, 5.41) is 12.9. The molecule has 0 aromatic heterocycles. The SMILES string of the molecule is C/C(=N/OC(=O)Nc1cc(NC(=O)O/N=C(\C)c2ccccc2)ccc1C)c1ccccc1. The Bertz CT molecular complexity index is 1180. The molecule has 8 nitrogen and oxygen atoms in total. The van der Waals surface area contributed by atoms with Crippen LogP contribution >= 0.6 is 0 Å². The maximum Gasteiger partial charge on any atom is 0.437 e. The van der Waals surface area contributed by atoms with Crippen LogP contribution in [-0.2, 0) is 9.68 Å². The molecule has 8 heteroatoms. The van der Waals surface area contributed by atoms with Gasteiger partial charge >= 0.3 is 12.2 Å². The van der Waals surface area contributed by atoms with Crippen LogP contribution in [0.2, 0.25) is 0 Å². The summed E-state index contributed by atoms with van der Waals surface area (Å²) in [6.07, 6.45) is -1.51. The van der Waals surface area contributed by atoms with E-state index in [0.29, 0.717) is 22.8 Å². The molecule has 0 aliphatic heterocycles. The van der Waals surface area contributed by atoms with E-state index in [9.17, 15) is 9.59 Å². The molecule has 2 N–H and O–H groups in total. The third-order valence-corrected chi connectivity index (χ3v) is 4.63. The van der Waals surface area contributed by atoms with Crippen LogP contribution < -0.4 is 10.6 Å². The van der Waals surface area contributed by atoms with E-state index in [4.69, 9.17) is 9.68 Å². The van der Waals surface area contributed by atoms with Gasteiger partial charge in [-0.05, 0) is 49.6 Å². The monoisotopic (exact) mass is 444 g/mol. The lowest BCUT2D eigenvalue weighted by Gasteiger charge is -2.10. The molecule has 0 bridgehead atoms. The summed E-state index contributed by atoms with van der Waals surface area (Å²) in [6, 6.07) is 23.7. The van der Waals surface area contributed by atoms with E-state index in [1.165, 1.54) is 0 Å². The molecule has 0 saturated carbocycles. The number of hydrogen-bond donors (Lipinski definition) is 2. The summed E-state index contributed by atoms with van der Waals surface area (Å²) in [4.78, 5) is 34.2. The molecule has 3 aromatic rings. The third-order valence-electron chi connectivity index (χ3n) is 4.63. The van der Waals surface area contributed by atoms with Gasteiger partial charge in [0.05, 0.1) is 11.4 Å². The summed E-state index contributed by atoms with van der Waals surface area (Å²) in [7, 11) is 0. The highest BCUT2D eigenvalue weighted by atomic mass is 16.7. The molecule has 168 valence electrons. The van der Waals surface area contributed by atoms with E-state index < -0.39 is 12.2 Å². The topological polar surface area (TPSA) is 101 Å². The molecule has 0 unspecified atom stereocenters. The Morgan fingerprint density at radius 1 is 0.697 bits per heavy atom. The molecule has 3 rings (SSSR count). The van der Waals surface area contributed by atoms with Gasteiger partial charge in [0.15, 0.2) is 0 Å². The zero-order valence-corrected chi connectivity index (χ0v) is 18.5. The van der Waals surface area contributed by atoms with Crippen molar-refractivity contribution < 1.29 is 19.3 Å². The van der Waals surface area contributed by atoms with Gasteiger partial charge in [-0.2, -0.15) is 0 Å². The molecule has 0 aliphatic rings. The van der Waals surface area contributed by atoms with Crippen molar-refractivity contribution in [2.45, 2.75) is 20.8 Å². The van der Waals surface area contributed by atoms with Crippen LogP contribution in [0.15, 0.2) is 89.2 Å². The molecule has 0 radical (unpaired) electrons. The molecular formula is C25H24N4O4. The lowest BCUT2D eigenvalue weighted by Crippen LogP contribution is -2.15. The largest absolute Gasteiger partial charge is 0.437 e. The van der Waals surface area contributed by atoms with Gasteiger partial charge in [0, 0.05) is 11.4 Å². The Morgan fingerprint density at radius 2 is 1.18 bits per heavy atom. The molecule has 33 heavy (non-hydrogen) atoms. The van der Waals surface area contributed by atoms with Crippen molar-refractivity contribution in [2.24, 2.45) is 10.3 Å². The first-order valence-corrected chi connectivity index (χ1v) is 10.2. The number of carbonyl (C=O) groups is 2. The van der Waals surface area contributed by atoms with Crippen LogP contribution in [0.5, 0.6) is 0 Å². The number of benzene rings is 3. The fourth-order valence-electron chi connectivity index (χ4n) is 2.79. The van der Waals surface area contributed by atoms with Crippen LogP contribution in [0, 0.1) is 6.92 Å². The van der Waals surface area contributed by atoms with Gasteiger partial charge in [-0.25, -0.2) is 9.59 Å². The van der Waals surface area contributed by atoms with E-state index in [-0.39, 0.29) is 0 Å². The Morgan fingerprint density at radius 3 is 1.70 bits per heavy atom. The van der Waals surface area contributed by atoms with Gasteiger partial charge in [0.25, 0.3) is 0 Å². The van der Waals surface area contributed by atoms with E-state index in [1.54, 1.807) is 32.0 Å². The van der Waals surface area contributed by atoms with Gasteiger partial charge in [-0.1, -0.05) is 77.0 Å². The number of hydrogen-bond acceptors (Lipinski definition) is 6. The number of oxime groups is 2. The van der Waals surface area contributed by atoms with Crippen molar-refractivity contribution in [1.29, 1.82) is 0 Å². The smallest absolute Gasteiger partial charge is 0.298 e. The minimum absolute atomic E-state index is 0.414. The standard InChI is InChI=1S/C25H24N4O4/c1-17-14-15-22(26-24(30)32-28-18(2)20-10-6-4-7-11-20)16-23(17)27-25(31)33-29-19(3)21-12-8-5-9-13-21/h4-16H,1-3H3,(H,26,30)(H,27,31)/b28-18+,29-19-. The first-order chi connectivity index (χ1) is 15.9. The average Bonchev–Trinajstić information content (AvgIpc) is 2.84. The fraction of sp³-hybridized carbons (Fsp3) is 0.120. The average molecular weight is 444 g/mol. The summed E-state index contributed by atoms with van der Waals surface area (Å²) in [5.41, 5.74) is 4.45. The highest BCUT2D eigenvalue weighted by Gasteiger charge is 2.10. The van der Waals surface area contributed by atoms with Crippen LogP contribution in [0.1, 0.15) is 30.5 Å². The number of amides is 2. The Kier molecular flexibility index (Phi) is 7.91. The Hall–Kier alpha value is -4.46. The Labute approximate surface area is 191 Å². The maximum atomic E-state index is 12.2. The van der Waals surface area contributed by atoms with Crippen LogP contribution in [0.4, 0.5) is 21.0 Å². The van der Waals surface area contributed by atoms with E-state index in [2.05, 4.69) is 20.9 Å². The van der Waals surface area contributed by atoms with Crippen molar-refractivity contribution >= 4 is 35.0 Å². The van der Waals surface area contributed by atoms with Crippen molar-refractivity contribution in [3.8, 4) is 0 Å². The number of nitrogens with one attached hydrogen (secondary N) is 2. The third kappa shape index (κ3) is 7.03. The Balaban J connectivity index is 1.58. The number of rotatable bonds is 6. The molecule has 0 heterocycles. The normalized spacial score (nSPS) is 11.5. The number of aryl methyl sites for hydroxylation is 1. The minimum atomic E-state index is -0.759. The zero-order chi connectivity index (χ0) is 23.6. The summed E-state index contributed by atoms with van der Waals surface area (Å²) < 4.78 is 0. The lowest BCUT2D eigenvalue weighted by atomic mass is 10.1. The maximum absolute atomic E-state index is 12.2. The van der Waals surface area contributed by atoms with Crippen molar-refractivity contribution in [1.82, 2.24) is 0 Å². The molecule has 0 atom stereocenters. The summed E-state index contributed by atoms with van der Waals surface area (Å²) >= 11 is 0. The van der Waals surface area contributed by atoms with Crippen molar-refractivity contribution in [2.75, 3.05) is 10.6 Å². The molecule has 0 saturated heterocycles. The first kappa shape index (κ1) is 23.2. The first-order valence-electron chi connectivity index (χ1n) is 10.2. The zero-order valence-electron chi connectivity index (χ0n) is 18.5. The van der Waals surface area contributed by atoms with Gasteiger partial charge in [0.1, 0.15) is 0 Å². The molecule has 0 fully saturated rings. The number of anilines is 2. The highest BCUT2D eigenvalue weighted by Crippen LogP contribution is 2.21. The predicted molar refractivity (Wildman–Crippen MR) is 129 cm³/mol. The van der Waals surface area contributed by atoms with Crippen molar-refractivity contribution in [3.05, 3.63) is 95.6 Å². The molecule has 0 spiro atoms. The van der Waals surface area contributed by atoms with Crippen LogP contribution in [0.3, 0.4) is 0 Å². The predicted octanol–water partition coefficient (Wildman–Crippen LogP) is 5.94. The van der Waals surface area contributed by atoms with Crippen LogP contribution in [0.25, 0.3) is 0 Å². The van der Waals surface area contributed by atoms with E-state index in [1.807, 2.05) is 67.6 Å². The summed E-state index contributed by atoms with van der Waals surface area (Å²) in [6.45, 7) is 5.29. The number of nitrogens with zero attached hydrogens (tertiary/aromatic N) is 2. The highest BCUT2D eigenvalue weighted by molar-refractivity contribution is 5.99. The van der Waals surface area contributed by atoms with Crippen molar-refractivity contribution in [3.63, 3.8) is 0 Å². The molecule has 3 aromatic carbocycles. The van der Waals surface area contributed by atoms with Gasteiger partial charge in [-0.15, -0.1) is 0 Å². The van der Waals surface area contributed by atoms with Gasteiger partial charge in [-0.3, -0.25) is 20.3 Å². The van der Waals surface area contributed by atoms with Crippen LogP contribution in [-0.4, -0.2) is 23.6 Å². The second kappa shape index (κ2) is 11.2. The molecular weight excluding hydrogens is 420 g/mol. The van der Waals surface area contributed by atoms with E-state index >= 15 is 0 Å². The molecule has 0 aliphatic carbocycles. The number of carbonyl (C=O) groups excluding carboxylic acids is 2. The summed E-state index contributed by atoms with van der Waals surface area (Å²) in [5.74, 6) is 0. The van der Waals surface area contributed by atoms with Gasteiger partial charge in [0.2, 0.25) is 0 Å². The second-order valence-corrected chi connectivity index (χ2v) is 7.12. The fourth-order valence-corrected chi connectivity index (χ4v) is 2.79. The van der Waals surface area contributed by atoms with Gasteiger partial charge < -0.3 is 0 Å². The lowest BCUT2D eigenvalue weighted by molar-refractivity contribution is 0.166.